The Balaban J connectivity index is 2.56. The zero-order valence-corrected chi connectivity index (χ0v) is 13.5. The molecular formula is C14H21NO2S2. The molecular weight excluding hydrogens is 278 g/mol. The Morgan fingerprint density at radius 3 is 2.42 bits per heavy atom. The third kappa shape index (κ3) is 5.47. The van der Waals surface area contributed by atoms with Crippen molar-refractivity contribution in [1.29, 1.82) is 0 Å². The highest BCUT2D eigenvalue weighted by Gasteiger charge is 2.15. The van der Waals surface area contributed by atoms with Gasteiger partial charge in [-0.2, -0.15) is 16.1 Å². The maximum Gasteiger partial charge on any atom is 0.159 e. The quantitative estimate of drug-likeness (QED) is 0.573. The third-order valence-corrected chi connectivity index (χ3v) is 5.39. The number of benzene rings is 1. The van der Waals surface area contributed by atoms with Crippen LogP contribution in [0.4, 0.5) is 5.69 Å². The molecule has 1 aromatic carbocycles. The monoisotopic (exact) mass is 299 g/mol. The van der Waals surface area contributed by atoms with Gasteiger partial charge in [-0.15, -0.1) is 0 Å². The zero-order chi connectivity index (χ0) is 14.4. The van der Waals surface area contributed by atoms with Crippen molar-refractivity contribution < 1.29 is 9.35 Å². The van der Waals surface area contributed by atoms with Gasteiger partial charge in [0.15, 0.2) is 5.78 Å². The van der Waals surface area contributed by atoms with Crippen molar-refractivity contribution in [2.24, 2.45) is 0 Å². The van der Waals surface area contributed by atoms with Crippen molar-refractivity contribution in [3.05, 3.63) is 29.8 Å². The molecule has 0 radical (unpaired) electrons. The van der Waals surface area contributed by atoms with Crippen LogP contribution in [0.25, 0.3) is 0 Å². The molecule has 1 atom stereocenters. The number of hydrogen-bond donors (Lipinski definition) is 0. The summed E-state index contributed by atoms with van der Waals surface area (Å²) in [7, 11) is 1.82. The third-order valence-electron chi connectivity index (χ3n) is 2.65. The van der Waals surface area contributed by atoms with E-state index in [1.54, 1.807) is 23.4 Å². The number of carbonyl (C=O) groups is 1. The number of hydrogen-bond acceptors (Lipinski definition) is 4. The van der Waals surface area contributed by atoms with Crippen molar-refractivity contribution in [1.82, 2.24) is 0 Å². The molecule has 0 heterocycles. The standard InChI is InChI=1S/C14H21NO2S2/c1-11(2)18-9-10-19(17)15(4)14-7-5-13(6-8-14)12(3)16/h5-8,11H,9-10H2,1-4H3. The van der Waals surface area contributed by atoms with Gasteiger partial charge in [-0.05, 0) is 36.4 Å². The van der Waals surface area contributed by atoms with Gasteiger partial charge in [0.1, 0.15) is 5.75 Å². The maximum absolute atomic E-state index is 12.1. The SMILES string of the molecule is CC(=O)c1ccc(N(C)[S+]([O-])CCSC(C)C)cc1. The van der Waals surface area contributed by atoms with Gasteiger partial charge in [0.05, 0.1) is 24.1 Å². The summed E-state index contributed by atoms with van der Waals surface area (Å²) in [6.45, 7) is 5.82. The van der Waals surface area contributed by atoms with E-state index in [-0.39, 0.29) is 5.78 Å². The predicted molar refractivity (Wildman–Crippen MR) is 85.5 cm³/mol. The van der Waals surface area contributed by atoms with Crippen LogP contribution in [0.5, 0.6) is 0 Å². The summed E-state index contributed by atoms with van der Waals surface area (Å²) in [5.41, 5.74) is 1.55. The molecule has 5 heteroatoms. The minimum Gasteiger partial charge on any atom is -0.593 e. The van der Waals surface area contributed by atoms with Crippen LogP contribution in [-0.4, -0.2) is 34.1 Å². The molecule has 0 amide bonds. The van der Waals surface area contributed by atoms with E-state index in [0.717, 1.165) is 11.4 Å². The van der Waals surface area contributed by atoms with Crippen molar-refractivity contribution >= 4 is 34.6 Å². The minimum atomic E-state index is -1.02. The number of carbonyl (C=O) groups excluding carboxylic acids is 1. The van der Waals surface area contributed by atoms with Crippen LogP contribution in [0.15, 0.2) is 24.3 Å². The highest BCUT2D eigenvalue weighted by molar-refractivity contribution is 8.01. The van der Waals surface area contributed by atoms with Gasteiger partial charge in [-0.1, -0.05) is 13.8 Å². The molecule has 0 saturated heterocycles. The predicted octanol–water partition coefficient (Wildman–Crippen LogP) is 3.13. The molecule has 1 unspecified atom stereocenters. The molecule has 0 fully saturated rings. The summed E-state index contributed by atoms with van der Waals surface area (Å²) in [6, 6.07) is 7.22. The Bertz CT molecular complexity index is 406. The van der Waals surface area contributed by atoms with Crippen molar-refractivity contribution in [3.63, 3.8) is 0 Å². The second-order valence-electron chi connectivity index (χ2n) is 4.55. The van der Waals surface area contributed by atoms with E-state index in [1.165, 1.54) is 0 Å². The number of rotatable bonds is 7. The van der Waals surface area contributed by atoms with Crippen LogP contribution in [0.3, 0.4) is 0 Å². The van der Waals surface area contributed by atoms with Crippen LogP contribution in [0.1, 0.15) is 31.1 Å². The maximum atomic E-state index is 12.1. The summed E-state index contributed by atoms with van der Waals surface area (Å²) in [4.78, 5) is 11.2. The first-order chi connectivity index (χ1) is 8.91. The Hall–Kier alpha value is -0.650. The fourth-order valence-electron chi connectivity index (χ4n) is 1.52. The fraction of sp³-hybridized carbons (Fsp3) is 0.500. The Kier molecular flexibility index (Phi) is 6.75. The lowest BCUT2D eigenvalue weighted by Gasteiger charge is -2.22. The molecule has 19 heavy (non-hydrogen) atoms. The lowest BCUT2D eigenvalue weighted by atomic mass is 10.1. The van der Waals surface area contributed by atoms with E-state index in [1.807, 2.05) is 30.9 Å². The van der Waals surface area contributed by atoms with Crippen molar-refractivity contribution in [2.45, 2.75) is 26.0 Å². The molecule has 106 valence electrons. The second kappa shape index (κ2) is 7.82. The normalized spacial score (nSPS) is 12.5. The molecule has 3 nitrogen and oxygen atoms in total. The number of nitrogens with zero attached hydrogens (tertiary/aromatic N) is 1. The molecule has 1 rings (SSSR count). The number of ketones is 1. The summed E-state index contributed by atoms with van der Waals surface area (Å²) >= 11 is 0.792. The highest BCUT2D eigenvalue weighted by atomic mass is 32.2. The first kappa shape index (κ1) is 16.4. The van der Waals surface area contributed by atoms with E-state index in [4.69, 9.17) is 0 Å². The van der Waals surface area contributed by atoms with Gasteiger partial charge in [0.2, 0.25) is 0 Å². The fourth-order valence-corrected chi connectivity index (χ4v) is 3.57. The molecule has 0 bridgehead atoms. The van der Waals surface area contributed by atoms with E-state index in [0.29, 0.717) is 16.6 Å². The van der Waals surface area contributed by atoms with Crippen LogP contribution in [0, 0.1) is 0 Å². The molecule has 0 aliphatic rings. The van der Waals surface area contributed by atoms with E-state index in [9.17, 15) is 9.35 Å². The summed E-state index contributed by atoms with van der Waals surface area (Å²) in [5, 5.41) is 0.567. The van der Waals surface area contributed by atoms with Gasteiger partial charge in [-0.3, -0.25) is 4.79 Å². The second-order valence-corrected chi connectivity index (χ2v) is 7.83. The topological polar surface area (TPSA) is 43.4 Å². The van der Waals surface area contributed by atoms with E-state index in [2.05, 4.69) is 13.8 Å². The van der Waals surface area contributed by atoms with Crippen LogP contribution in [-0.2, 0) is 11.4 Å². The molecule has 0 spiro atoms. The Labute approximate surface area is 123 Å². The Morgan fingerprint density at radius 1 is 1.37 bits per heavy atom. The number of thioether (sulfide) groups is 1. The van der Waals surface area contributed by atoms with E-state index >= 15 is 0 Å². The lowest BCUT2D eigenvalue weighted by molar-refractivity contribution is 0.101. The highest BCUT2D eigenvalue weighted by Crippen LogP contribution is 2.19. The molecule has 1 aromatic rings. The van der Waals surface area contributed by atoms with Gasteiger partial charge in [0.25, 0.3) is 0 Å². The molecule has 0 aliphatic carbocycles. The van der Waals surface area contributed by atoms with Gasteiger partial charge < -0.3 is 4.55 Å². The van der Waals surface area contributed by atoms with Gasteiger partial charge >= 0.3 is 0 Å². The Morgan fingerprint density at radius 2 is 1.95 bits per heavy atom. The smallest absolute Gasteiger partial charge is 0.159 e. The molecule has 0 aromatic heterocycles. The van der Waals surface area contributed by atoms with Crippen molar-refractivity contribution in [3.8, 4) is 0 Å². The van der Waals surface area contributed by atoms with Crippen LogP contribution >= 0.6 is 11.8 Å². The average molecular weight is 299 g/mol. The molecule has 0 N–H and O–H groups in total. The molecule has 0 aliphatic heterocycles. The number of Topliss-reactive ketones (excluding diaryl/α,β-unsaturated/α-hetero) is 1. The zero-order valence-electron chi connectivity index (χ0n) is 11.9. The van der Waals surface area contributed by atoms with Crippen LogP contribution < -0.4 is 4.31 Å². The summed E-state index contributed by atoms with van der Waals surface area (Å²) < 4.78 is 13.9. The molecule has 0 saturated carbocycles. The first-order valence-corrected chi connectivity index (χ1v) is 8.59. The van der Waals surface area contributed by atoms with Gasteiger partial charge in [-0.25, -0.2) is 0 Å². The lowest BCUT2D eigenvalue weighted by Crippen LogP contribution is -2.30. The summed E-state index contributed by atoms with van der Waals surface area (Å²) in [6.07, 6.45) is 0. The largest absolute Gasteiger partial charge is 0.593 e. The van der Waals surface area contributed by atoms with Crippen molar-refractivity contribution in [2.75, 3.05) is 22.9 Å². The van der Waals surface area contributed by atoms with Crippen LogP contribution in [0.2, 0.25) is 0 Å². The average Bonchev–Trinajstić information content (AvgIpc) is 2.37. The minimum absolute atomic E-state index is 0.0451. The summed E-state index contributed by atoms with van der Waals surface area (Å²) in [5.74, 6) is 1.58. The first-order valence-electron chi connectivity index (χ1n) is 6.26. The van der Waals surface area contributed by atoms with Gasteiger partial charge in [0, 0.05) is 11.3 Å². The number of anilines is 1. The van der Waals surface area contributed by atoms with E-state index < -0.39 is 11.4 Å².